The van der Waals surface area contributed by atoms with E-state index in [9.17, 15) is 18.0 Å². The maximum Gasteiger partial charge on any atom is 0.265 e. The minimum Gasteiger partial charge on any atom is -0.478 e. The average Bonchev–Trinajstić information content (AvgIpc) is 2.97. The summed E-state index contributed by atoms with van der Waals surface area (Å²) in [4.78, 5) is 25.6. The van der Waals surface area contributed by atoms with E-state index >= 15 is 0 Å². The maximum atomic E-state index is 12.4. The molecule has 2 amide bonds. The van der Waals surface area contributed by atoms with Crippen LogP contribution in [0.25, 0.3) is 0 Å². The van der Waals surface area contributed by atoms with E-state index in [0.717, 1.165) is 9.75 Å². The number of amides is 2. The van der Waals surface area contributed by atoms with Crippen LogP contribution in [0.5, 0.6) is 5.75 Å². The van der Waals surface area contributed by atoms with E-state index in [1.807, 2.05) is 19.9 Å². The Bertz CT molecular complexity index is 965. The second kappa shape index (κ2) is 7.08. The zero-order valence-corrected chi connectivity index (χ0v) is 15.9. The van der Waals surface area contributed by atoms with E-state index in [4.69, 9.17) is 4.74 Å². The highest BCUT2D eigenvalue weighted by molar-refractivity contribution is 7.90. The molecule has 3 rings (SSSR count). The van der Waals surface area contributed by atoms with Crippen molar-refractivity contribution >= 4 is 38.9 Å². The molecule has 0 unspecified atom stereocenters. The Morgan fingerprint density at radius 1 is 1.31 bits per heavy atom. The zero-order valence-electron chi connectivity index (χ0n) is 14.2. The molecule has 1 aromatic carbocycles. The number of thiophene rings is 1. The molecule has 7 nitrogen and oxygen atoms in total. The first-order chi connectivity index (χ1) is 12.3. The lowest BCUT2D eigenvalue weighted by Gasteiger charge is -2.25. The fourth-order valence-electron chi connectivity index (χ4n) is 2.55. The molecule has 2 N–H and O–H groups in total. The van der Waals surface area contributed by atoms with Gasteiger partial charge in [-0.15, -0.1) is 11.3 Å². The average molecular weight is 394 g/mol. The number of anilines is 1. The molecular formula is C17H18N2O5S2. The lowest BCUT2D eigenvalue weighted by atomic mass is 10.2. The fourth-order valence-corrected chi connectivity index (χ4v) is 4.45. The van der Waals surface area contributed by atoms with Crippen molar-refractivity contribution in [2.24, 2.45) is 0 Å². The minimum atomic E-state index is -4.04. The van der Waals surface area contributed by atoms with Gasteiger partial charge in [-0.2, -0.15) is 0 Å². The molecule has 0 saturated heterocycles. The molecule has 0 bridgehead atoms. The molecule has 0 fully saturated rings. The Hall–Kier alpha value is -2.39. The van der Waals surface area contributed by atoms with Crippen LogP contribution in [0, 0.1) is 6.92 Å². The fraction of sp³-hybridized carbons (Fsp3) is 0.294. The Morgan fingerprint density at radius 2 is 2.08 bits per heavy atom. The number of carbonyl (C=O) groups excluding carboxylic acids is 2. The van der Waals surface area contributed by atoms with Gasteiger partial charge in [0, 0.05) is 9.75 Å². The summed E-state index contributed by atoms with van der Waals surface area (Å²) in [5, 5.41) is 2.63. The van der Waals surface area contributed by atoms with Crippen LogP contribution in [-0.4, -0.2) is 26.3 Å². The van der Waals surface area contributed by atoms with Crippen LogP contribution in [0.1, 0.15) is 23.1 Å². The van der Waals surface area contributed by atoms with Gasteiger partial charge in [0.15, 0.2) is 6.10 Å². The number of aryl methyl sites for hydroxylation is 1. The second-order valence-corrected chi connectivity index (χ2v) is 8.93. The molecule has 0 aliphatic carbocycles. The monoisotopic (exact) mass is 394 g/mol. The van der Waals surface area contributed by atoms with E-state index in [-0.39, 0.29) is 22.9 Å². The summed E-state index contributed by atoms with van der Waals surface area (Å²) < 4.78 is 32.5. The van der Waals surface area contributed by atoms with Crippen molar-refractivity contribution in [2.75, 3.05) is 5.32 Å². The van der Waals surface area contributed by atoms with Gasteiger partial charge in [-0.25, -0.2) is 13.1 Å². The topological polar surface area (TPSA) is 102 Å². The van der Waals surface area contributed by atoms with Gasteiger partial charge in [0.05, 0.1) is 17.0 Å². The van der Waals surface area contributed by atoms with Crippen molar-refractivity contribution in [1.82, 2.24) is 4.72 Å². The third-order valence-electron chi connectivity index (χ3n) is 3.83. The zero-order chi connectivity index (χ0) is 18.9. The Morgan fingerprint density at radius 3 is 2.73 bits per heavy atom. The standard InChI is InChI=1S/C17H18N2O5S2/c1-3-14-17(21)18-13-9-12(6-7-15(13)24-14)26(22,23)19-16(20)8-11-5-4-10(2)25-11/h4-7,9,14H,3,8H2,1-2H3,(H,18,21)(H,19,20)/t14-/m1/s1. The molecule has 2 heterocycles. The first-order valence-electron chi connectivity index (χ1n) is 8.01. The predicted molar refractivity (Wildman–Crippen MR) is 97.9 cm³/mol. The number of hydrogen-bond donors (Lipinski definition) is 2. The highest BCUT2D eigenvalue weighted by Gasteiger charge is 2.28. The van der Waals surface area contributed by atoms with Crippen LogP contribution >= 0.6 is 11.3 Å². The van der Waals surface area contributed by atoms with Crippen molar-refractivity contribution < 1.29 is 22.7 Å². The Labute approximate surface area is 155 Å². The summed E-state index contributed by atoms with van der Waals surface area (Å²) in [5.74, 6) is -0.543. The number of ether oxygens (including phenoxy) is 1. The van der Waals surface area contributed by atoms with E-state index < -0.39 is 22.0 Å². The number of hydrogen-bond acceptors (Lipinski definition) is 6. The highest BCUT2D eigenvalue weighted by Crippen LogP contribution is 2.32. The van der Waals surface area contributed by atoms with Crippen molar-refractivity contribution in [1.29, 1.82) is 0 Å². The van der Waals surface area contributed by atoms with Gasteiger partial charge in [0.25, 0.3) is 15.9 Å². The maximum absolute atomic E-state index is 12.4. The molecule has 1 aliphatic rings. The van der Waals surface area contributed by atoms with Crippen LogP contribution < -0.4 is 14.8 Å². The summed E-state index contributed by atoms with van der Waals surface area (Å²) in [5.41, 5.74) is 0.268. The molecule has 138 valence electrons. The van der Waals surface area contributed by atoms with Crippen LogP contribution in [-0.2, 0) is 26.0 Å². The third-order valence-corrected chi connectivity index (χ3v) is 6.20. The van der Waals surface area contributed by atoms with Crippen LogP contribution in [0.15, 0.2) is 35.2 Å². The molecule has 0 spiro atoms. The number of rotatable bonds is 5. The first-order valence-corrected chi connectivity index (χ1v) is 10.3. The molecule has 1 atom stereocenters. The highest BCUT2D eigenvalue weighted by atomic mass is 32.2. The quantitative estimate of drug-likeness (QED) is 0.810. The van der Waals surface area contributed by atoms with Gasteiger partial charge in [0.1, 0.15) is 5.75 Å². The van der Waals surface area contributed by atoms with Gasteiger partial charge in [-0.05, 0) is 43.7 Å². The largest absolute Gasteiger partial charge is 0.478 e. The van der Waals surface area contributed by atoms with Crippen LogP contribution in [0.3, 0.4) is 0 Å². The molecule has 1 aliphatic heterocycles. The third kappa shape index (κ3) is 3.88. The summed E-state index contributed by atoms with van der Waals surface area (Å²) in [7, 11) is -4.04. The number of nitrogens with one attached hydrogen (secondary N) is 2. The molecule has 2 aromatic rings. The van der Waals surface area contributed by atoms with Gasteiger partial charge in [-0.1, -0.05) is 6.92 Å². The summed E-state index contributed by atoms with van der Waals surface area (Å²) in [6.07, 6.45) is -0.108. The number of benzene rings is 1. The van der Waals surface area contributed by atoms with Gasteiger partial charge >= 0.3 is 0 Å². The van der Waals surface area contributed by atoms with Crippen molar-refractivity contribution in [3.63, 3.8) is 0 Å². The van der Waals surface area contributed by atoms with Gasteiger partial charge < -0.3 is 10.1 Å². The lowest BCUT2D eigenvalue weighted by molar-refractivity contribution is -0.123. The molecular weight excluding hydrogens is 376 g/mol. The summed E-state index contributed by atoms with van der Waals surface area (Å²) in [6, 6.07) is 7.76. The van der Waals surface area contributed by atoms with E-state index in [0.29, 0.717) is 12.2 Å². The van der Waals surface area contributed by atoms with E-state index in [1.54, 1.807) is 6.07 Å². The molecule has 0 saturated carbocycles. The first kappa shape index (κ1) is 18.4. The molecule has 1 aromatic heterocycles. The van der Waals surface area contributed by atoms with Crippen molar-refractivity contribution in [3.8, 4) is 5.75 Å². The number of sulfonamides is 1. The Kier molecular flexibility index (Phi) is 5.01. The van der Waals surface area contributed by atoms with Crippen LogP contribution in [0.4, 0.5) is 5.69 Å². The SMILES string of the molecule is CC[C@H]1Oc2ccc(S(=O)(=O)NC(=O)Cc3ccc(C)s3)cc2NC1=O. The van der Waals surface area contributed by atoms with Crippen LogP contribution in [0.2, 0.25) is 0 Å². The molecule has 0 radical (unpaired) electrons. The van der Waals surface area contributed by atoms with E-state index in [2.05, 4.69) is 10.0 Å². The summed E-state index contributed by atoms with van der Waals surface area (Å²) in [6.45, 7) is 3.73. The smallest absolute Gasteiger partial charge is 0.265 e. The number of fused-ring (bicyclic) bond motifs is 1. The normalized spacial score (nSPS) is 16.4. The Balaban J connectivity index is 1.76. The van der Waals surface area contributed by atoms with Gasteiger partial charge in [0.2, 0.25) is 5.91 Å². The lowest BCUT2D eigenvalue weighted by Crippen LogP contribution is -2.36. The van der Waals surface area contributed by atoms with Gasteiger partial charge in [-0.3, -0.25) is 9.59 Å². The minimum absolute atomic E-state index is 0.0132. The van der Waals surface area contributed by atoms with Crippen molar-refractivity contribution in [2.45, 2.75) is 37.7 Å². The summed E-state index contributed by atoms with van der Waals surface area (Å²) >= 11 is 1.44. The predicted octanol–water partition coefficient (Wildman–Crippen LogP) is 2.21. The number of carbonyl (C=O) groups is 2. The molecule has 26 heavy (non-hydrogen) atoms. The second-order valence-electron chi connectivity index (χ2n) is 5.88. The molecule has 9 heteroatoms. The van der Waals surface area contributed by atoms with E-state index in [1.165, 1.54) is 29.5 Å². The van der Waals surface area contributed by atoms with Crippen molar-refractivity contribution in [3.05, 3.63) is 40.1 Å².